The zero-order valence-corrected chi connectivity index (χ0v) is 13.0. The van der Waals surface area contributed by atoms with Crippen LogP contribution in [0.5, 0.6) is 0 Å². The molecule has 0 spiro atoms. The quantitative estimate of drug-likeness (QED) is 0.745. The van der Waals surface area contributed by atoms with E-state index in [9.17, 15) is 8.42 Å². The Hall–Kier alpha value is -0.870. The topological polar surface area (TPSA) is 46.2 Å². The van der Waals surface area contributed by atoms with Gasteiger partial charge in [0.15, 0.2) is 0 Å². The van der Waals surface area contributed by atoms with Crippen LogP contribution >= 0.6 is 0 Å². The molecule has 108 valence electrons. The molecule has 1 rings (SSSR count). The van der Waals surface area contributed by atoms with Gasteiger partial charge in [0.25, 0.3) is 0 Å². The molecule has 0 fully saturated rings. The van der Waals surface area contributed by atoms with Crippen molar-refractivity contribution in [1.29, 1.82) is 0 Å². The molecular formula is C15H25NO2S. The monoisotopic (exact) mass is 283 g/mol. The van der Waals surface area contributed by atoms with E-state index in [-0.39, 0.29) is 5.75 Å². The van der Waals surface area contributed by atoms with Crippen LogP contribution in [-0.2, 0) is 16.3 Å². The molecule has 0 amide bonds. The van der Waals surface area contributed by atoms with Gasteiger partial charge in [0.05, 0.1) is 5.75 Å². The standard InChI is InChI=1S/C15H25NO2S/c1-13-6-4-7-15(12-13)9-8-14(2)16-10-5-11-19(3,17)18/h4,6-7,12,14,16H,5,8-11H2,1-3H3. The minimum absolute atomic E-state index is 0.268. The van der Waals surface area contributed by atoms with E-state index >= 15 is 0 Å². The third kappa shape index (κ3) is 8.01. The fourth-order valence-electron chi connectivity index (χ4n) is 2.04. The van der Waals surface area contributed by atoms with Gasteiger partial charge in [-0.2, -0.15) is 0 Å². The second-order valence-electron chi connectivity index (χ2n) is 5.37. The highest BCUT2D eigenvalue weighted by Crippen LogP contribution is 2.08. The molecule has 19 heavy (non-hydrogen) atoms. The Labute approximate surface area is 117 Å². The number of nitrogens with one attached hydrogen (secondary N) is 1. The van der Waals surface area contributed by atoms with E-state index in [1.807, 2.05) is 0 Å². The van der Waals surface area contributed by atoms with Crippen LogP contribution in [0.3, 0.4) is 0 Å². The lowest BCUT2D eigenvalue weighted by atomic mass is 10.0. The van der Waals surface area contributed by atoms with Gasteiger partial charge in [0.2, 0.25) is 0 Å². The van der Waals surface area contributed by atoms with E-state index in [1.54, 1.807) is 0 Å². The Balaban J connectivity index is 2.19. The zero-order valence-electron chi connectivity index (χ0n) is 12.1. The zero-order chi connectivity index (χ0) is 14.3. The number of aryl methyl sites for hydroxylation is 2. The van der Waals surface area contributed by atoms with Crippen molar-refractivity contribution in [3.63, 3.8) is 0 Å². The number of sulfone groups is 1. The van der Waals surface area contributed by atoms with E-state index in [0.29, 0.717) is 12.5 Å². The van der Waals surface area contributed by atoms with Gasteiger partial charge in [-0.25, -0.2) is 8.42 Å². The Morgan fingerprint density at radius 3 is 2.68 bits per heavy atom. The molecule has 0 aromatic heterocycles. The first-order chi connectivity index (χ1) is 8.87. The van der Waals surface area contributed by atoms with E-state index in [1.165, 1.54) is 17.4 Å². The predicted molar refractivity (Wildman–Crippen MR) is 81.3 cm³/mol. The van der Waals surface area contributed by atoms with Crippen molar-refractivity contribution >= 4 is 9.84 Å². The van der Waals surface area contributed by atoms with Gasteiger partial charge < -0.3 is 5.32 Å². The number of hydrogen-bond acceptors (Lipinski definition) is 3. The van der Waals surface area contributed by atoms with Gasteiger partial charge >= 0.3 is 0 Å². The Bertz CT molecular complexity index is 483. The maximum atomic E-state index is 11.0. The normalized spacial score (nSPS) is 13.4. The second kappa shape index (κ2) is 7.65. The molecule has 0 saturated carbocycles. The SMILES string of the molecule is Cc1cccc(CCC(C)NCCCS(C)(=O)=O)c1. The molecule has 0 aliphatic heterocycles. The summed E-state index contributed by atoms with van der Waals surface area (Å²) in [5, 5.41) is 3.38. The summed E-state index contributed by atoms with van der Waals surface area (Å²) in [5.74, 6) is 0.268. The fraction of sp³-hybridized carbons (Fsp3) is 0.600. The highest BCUT2D eigenvalue weighted by Gasteiger charge is 2.04. The molecule has 1 unspecified atom stereocenters. The maximum Gasteiger partial charge on any atom is 0.147 e. The summed E-state index contributed by atoms with van der Waals surface area (Å²) in [5.41, 5.74) is 2.66. The van der Waals surface area contributed by atoms with Crippen LogP contribution in [0, 0.1) is 6.92 Å². The average Bonchev–Trinajstić information content (AvgIpc) is 2.31. The van der Waals surface area contributed by atoms with Crippen LogP contribution in [-0.4, -0.2) is 33.0 Å². The molecule has 0 saturated heterocycles. The highest BCUT2D eigenvalue weighted by atomic mass is 32.2. The second-order valence-corrected chi connectivity index (χ2v) is 7.63. The van der Waals surface area contributed by atoms with Crippen molar-refractivity contribution in [2.75, 3.05) is 18.6 Å². The first-order valence-corrected chi connectivity index (χ1v) is 8.89. The lowest BCUT2D eigenvalue weighted by Gasteiger charge is -2.13. The van der Waals surface area contributed by atoms with Crippen LogP contribution in [0.1, 0.15) is 30.9 Å². The molecule has 0 heterocycles. The molecule has 0 aliphatic rings. The van der Waals surface area contributed by atoms with E-state index in [0.717, 1.165) is 19.4 Å². The summed E-state index contributed by atoms with van der Waals surface area (Å²) in [4.78, 5) is 0. The van der Waals surface area contributed by atoms with Crippen LogP contribution < -0.4 is 5.32 Å². The smallest absolute Gasteiger partial charge is 0.147 e. The van der Waals surface area contributed by atoms with E-state index in [4.69, 9.17) is 0 Å². The third-order valence-corrected chi connectivity index (χ3v) is 4.16. The Kier molecular flexibility index (Phi) is 6.52. The third-order valence-electron chi connectivity index (χ3n) is 3.13. The van der Waals surface area contributed by atoms with Crippen molar-refractivity contribution in [2.45, 2.75) is 39.2 Å². The number of hydrogen-bond donors (Lipinski definition) is 1. The molecule has 1 N–H and O–H groups in total. The van der Waals surface area contributed by atoms with Crippen LogP contribution in [0.2, 0.25) is 0 Å². The minimum Gasteiger partial charge on any atom is -0.314 e. The van der Waals surface area contributed by atoms with Crippen molar-refractivity contribution in [1.82, 2.24) is 5.32 Å². The van der Waals surface area contributed by atoms with Crippen molar-refractivity contribution in [3.05, 3.63) is 35.4 Å². The lowest BCUT2D eigenvalue weighted by molar-refractivity contribution is 0.512. The highest BCUT2D eigenvalue weighted by molar-refractivity contribution is 7.90. The summed E-state index contributed by atoms with van der Waals surface area (Å²) in [6, 6.07) is 8.99. The molecule has 0 radical (unpaired) electrons. The van der Waals surface area contributed by atoms with Crippen molar-refractivity contribution in [3.8, 4) is 0 Å². The number of benzene rings is 1. The Morgan fingerprint density at radius 2 is 2.05 bits per heavy atom. The van der Waals surface area contributed by atoms with Crippen molar-refractivity contribution in [2.24, 2.45) is 0 Å². The molecular weight excluding hydrogens is 258 g/mol. The first-order valence-electron chi connectivity index (χ1n) is 6.83. The van der Waals surface area contributed by atoms with Crippen molar-refractivity contribution < 1.29 is 8.42 Å². The molecule has 1 aromatic carbocycles. The molecule has 0 bridgehead atoms. The summed E-state index contributed by atoms with van der Waals surface area (Å²) in [6.07, 6.45) is 4.10. The van der Waals surface area contributed by atoms with Gasteiger partial charge in [-0.1, -0.05) is 29.8 Å². The molecule has 0 aliphatic carbocycles. The van der Waals surface area contributed by atoms with E-state index in [2.05, 4.69) is 43.4 Å². The maximum absolute atomic E-state index is 11.0. The summed E-state index contributed by atoms with van der Waals surface area (Å²) in [7, 11) is -2.82. The van der Waals surface area contributed by atoms with Gasteiger partial charge in [-0.05, 0) is 45.2 Å². The van der Waals surface area contributed by atoms with Crippen LogP contribution in [0.25, 0.3) is 0 Å². The predicted octanol–water partition coefficient (Wildman–Crippen LogP) is 2.34. The van der Waals surface area contributed by atoms with Gasteiger partial charge in [0, 0.05) is 12.3 Å². The van der Waals surface area contributed by atoms with Gasteiger partial charge in [-0.15, -0.1) is 0 Å². The first kappa shape index (κ1) is 16.2. The average molecular weight is 283 g/mol. The number of rotatable bonds is 8. The molecule has 4 heteroatoms. The molecule has 3 nitrogen and oxygen atoms in total. The van der Waals surface area contributed by atoms with E-state index < -0.39 is 9.84 Å². The van der Waals surface area contributed by atoms with Gasteiger partial charge in [0.1, 0.15) is 9.84 Å². The fourth-order valence-corrected chi connectivity index (χ4v) is 2.70. The van der Waals surface area contributed by atoms with Gasteiger partial charge in [-0.3, -0.25) is 0 Å². The largest absolute Gasteiger partial charge is 0.314 e. The lowest BCUT2D eigenvalue weighted by Crippen LogP contribution is -2.28. The van der Waals surface area contributed by atoms with Crippen LogP contribution in [0.4, 0.5) is 0 Å². The summed E-state index contributed by atoms with van der Waals surface area (Å²) >= 11 is 0. The molecule has 1 aromatic rings. The minimum atomic E-state index is -2.82. The molecule has 1 atom stereocenters. The summed E-state index contributed by atoms with van der Waals surface area (Å²) < 4.78 is 22.0. The summed E-state index contributed by atoms with van der Waals surface area (Å²) in [6.45, 7) is 5.02. The van der Waals surface area contributed by atoms with Crippen LogP contribution in [0.15, 0.2) is 24.3 Å². The Morgan fingerprint density at radius 1 is 1.32 bits per heavy atom.